The van der Waals surface area contributed by atoms with Crippen LogP contribution in [0.1, 0.15) is 20.7 Å². The minimum absolute atomic E-state index is 0.0194. The number of fused-ring (bicyclic) bond motifs is 1. The molecule has 0 aliphatic carbocycles. The summed E-state index contributed by atoms with van der Waals surface area (Å²) in [5.74, 6) is 0.0690. The molecule has 1 N–H and O–H groups in total. The average molecular weight is 464 g/mol. The van der Waals surface area contributed by atoms with E-state index in [1.165, 1.54) is 0 Å². The van der Waals surface area contributed by atoms with Gasteiger partial charge >= 0.3 is 0 Å². The number of halogens is 1. The van der Waals surface area contributed by atoms with Crippen molar-refractivity contribution in [3.8, 4) is 0 Å². The summed E-state index contributed by atoms with van der Waals surface area (Å²) in [5, 5.41) is 5.27. The lowest BCUT2D eigenvalue weighted by molar-refractivity contribution is -0.00940. The lowest BCUT2D eigenvalue weighted by atomic mass is 9.98. The topological polar surface area (TPSA) is 52.7 Å². The summed E-state index contributed by atoms with van der Waals surface area (Å²) in [6, 6.07) is 21.8. The third-order valence-corrected chi connectivity index (χ3v) is 6.49. The highest BCUT2D eigenvalue weighted by Crippen LogP contribution is 2.25. The maximum atomic E-state index is 12.8. The SMILES string of the molecule is O=C(NC1CN(C2CN(C(=O)c3ccc4cc(Br)ccc4c3)C2)C1)c1ccccc1. The monoisotopic (exact) mass is 463 g/mol. The summed E-state index contributed by atoms with van der Waals surface area (Å²) in [4.78, 5) is 29.3. The van der Waals surface area contributed by atoms with E-state index >= 15 is 0 Å². The van der Waals surface area contributed by atoms with Crippen LogP contribution in [0.2, 0.25) is 0 Å². The van der Waals surface area contributed by atoms with Crippen LogP contribution in [0.4, 0.5) is 0 Å². The normalized spacial score (nSPS) is 17.4. The Morgan fingerprint density at radius 1 is 0.833 bits per heavy atom. The van der Waals surface area contributed by atoms with Gasteiger partial charge in [-0.25, -0.2) is 0 Å². The Kier molecular flexibility index (Phi) is 5.05. The molecule has 0 saturated carbocycles. The van der Waals surface area contributed by atoms with Gasteiger partial charge in [-0.1, -0.05) is 46.3 Å². The van der Waals surface area contributed by atoms with Crippen molar-refractivity contribution in [3.05, 3.63) is 82.3 Å². The van der Waals surface area contributed by atoms with Gasteiger partial charge in [0.25, 0.3) is 11.8 Å². The van der Waals surface area contributed by atoms with Crippen molar-refractivity contribution in [2.75, 3.05) is 26.2 Å². The second-order valence-corrected chi connectivity index (χ2v) is 8.98. The first kappa shape index (κ1) is 19.3. The van der Waals surface area contributed by atoms with E-state index in [2.05, 4.69) is 32.2 Å². The van der Waals surface area contributed by atoms with Gasteiger partial charge in [0.15, 0.2) is 0 Å². The summed E-state index contributed by atoms with van der Waals surface area (Å²) >= 11 is 3.48. The number of carbonyl (C=O) groups excluding carboxylic acids is 2. The highest BCUT2D eigenvalue weighted by atomic mass is 79.9. The van der Waals surface area contributed by atoms with E-state index in [4.69, 9.17) is 0 Å². The fraction of sp³-hybridized carbons (Fsp3) is 0.250. The second kappa shape index (κ2) is 7.85. The molecule has 2 saturated heterocycles. The molecule has 6 heteroatoms. The predicted octanol–water partition coefficient (Wildman–Crippen LogP) is 3.54. The molecule has 0 spiro atoms. The van der Waals surface area contributed by atoms with Crippen molar-refractivity contribution in [2.45, 2.75) is 12.1 Å². The third-order valence-electron chi connectivity index (χ3n) is 6.00. The molecule has 3 aromatic carbocycles. The van der Waals surface area contributed by atoms with Gasteiger partial charge in [0.05, 0.1) is 6.04 Å². The van der Waals surface area contributed by atoms with Crippen molar-refractivity contribution >= 4 is 38.5 Å². The minimum Gasteiger partial charge on any atom is -0.347 e. The van der Waals surface area contributed by atoms with E-state index < -0.39 is 0 Å². The van der Waals surface area contributed by atoms with Gasteiger partial charge in [-0.05, 0) is 47.2 Å². The Labute approximate surface area is 183 Å². The fourth-order valence-corrected chi connectivity index (χ4v) is 4.52. The summed E-state index contributed by atoms with van der Waals surface area (Å²) in [5.41, 5.74) is 1.43. The number of hydrogen-bond acceptors (Lipinski definition) is 3. The zero-order valence-corrected chi connectivity index (χ0v) is 18.0. The van der Waals surface area contributed by atoms with Crippen molar-refractivity contribution in [1.29, 1.82) is 0 Å². The molecule has 30 heavy (non-hydrogen) atoms. The van der Waals surface area contributed by atoms with Crippen LogP contribution in [0.5, 0.6) is 0 Å². The Hall–Kier alpha value is -2.70. The Bertz CT molecular complexity index is 1110. The maximum Gasteiger partial charge on any atom is 0.253 e. The minimum atomic E-state index is -0.0194. The number of nitrogens with one attached hydrogen (secondary N) is 1. The molecule has 0 bridgehead atoms. The molecule has 0 aromatic heterocycles. The van der Waals surface area contributed by atoms with E-state index in [-0.39, 0.29) is 17.9 Å². The zero-order chi connectivity index (χ0) is 20.7. The molecule has 2 fully saturated rings. The van der Waals surface area contributed by atoms with Gasteiger partial charge in [0.1, 0.15) is 0 Å². The smallest absolute Gasteiger partial charge is 0.253 e. The summed E-state index contributed by atoms with van der Waals surface area (Å²) in [7, 11) is 0. The number of rotatable bonds is 4. The van der Waals surface area contributed by atoms with Crippen LogP contribution in [0, 0.1) is 0 Å². The van der Waals surface area contributed by atoms with E-state index in [1.807, 2.05) is 65.6 Å². The van der Waals surface area contributed by atoms with Gasteiger partial charge in [-0.3, -0.25) is 14.5 Å². The lowest BCUT2D eigenvalue weighted by Crippen LogP contribution is -2.70. The summed E-state index contributed by atoms with van der Waals surface area (Å²) in [6.07, 6.45) is 0. The molecule has 2 amide bonds. The van der Waals surface area contributed by atoms with Gasteiger partial charge in [-0.15, -0.1) is 0 Å². The number of likely N-dealkylation sites (tertiary alicyclic amines) is 2. The number of nitrogens with zero attached hydrogens (tertiary/aromatic N) is 2. The summed E-state index contributed by atoms with van der Waals surface area (Å²) in [6.45, 7) is 3.18. The Morgan fingerprint density at radius 2 is 1.53 bits per heavy atom. The van der Waals surface area contributed by atoms with E-state index in [0.717, 1.165) is 47.0 Å². The number of benzene rings is 3. The lowest BCUT2D eigenvalue weighted by Gasteiger charge is -2.51. The second-order valence-electron chi connectivity index (χ2n) is 8.06. The quantitative estimate of drug-likeness (QED) is 0.643. The van der Waals surface area contributed by atoms with Crippen LogP contribution in [0.15, 0.2) is 71.2 Å². The largest absolute Gasteiger partial charge is 0.347 e. The van der Waals surface area contributed by atoms with Crippen molar-refractivity contribution in [1.82, 2.24) is 15.1 Å². The molecule has 5 nitrogen and oxygen atoms in total. The first-order valence-corrected chi connectivity index (χ1v) is 10.9. The fourth-order valence-electron chi connectivity index (χ4n) is 4.14. The first-order chi connectivity index (χ1) is 14.6. The predicted molar refractivity (Wildman–Crippen MR) is 121 cm³/mol. The standard InChI is InChI=1S/C24H22BrN3O2/c25-20-9-8-17-10-19(7-6-18(17)11-20)24(30)28-14-22(15-28)27-12-21(13-27)26-23(29)16-4-2-1-3-5-16/h1-11,21-22H,12-15H2,(H,26,29). The molecule has 0 radical (unpaired) electrons. The van der Waals surface area contributed by atoms with Crippen LogP contribution in [-0.2, 0) is 0 Å². The van der Waals surface area contributed by atoms with Crippen LogP contribution >= 0.6 is 15.9 Å². The van der Waals surface area contributed by atoms with Crippen molar-refractivity contribution < 1.29 is 9.59 Å². The van der Waals surface area contributed by atoms with Gasteiger partial charge in [0, 0.05) is 47.8 Å². The first-order valence-electron chi connectivity index (χ1n) is 10.2. The molecule has 3 aromatic rings. The van der Waals surface area contributed by atoms with Gasteiger partial charge in [-0.2, -0.15) is 0 Å². The van der Waals surface area contributed by atoms with E-state index in [1.54, 1.807) is 0 Å². The van der Waals surface area contributed by atoms with Gasteiger partial charge < -0.3 is 10.2 Å². The molecule has 152 valence electrons. The van der Waals surface area contributed by atoms with Crippen LogP contribution in [-0.4, -0.2) is 59.9 Å². The molecule has 0 atom stereocenters. The summed E-state index contributed by atoms with van der Waals surface area (Å²) < 4.78 is 1.03. The Morgan fingerprint density at radius 3 is 2.30 bits per heavy atom. The third kappa shape index (κ3) is 3.73. The highest BCUT2D eigenvalue weighted by Gasteiger charge is 2.41. The van der Waals surface area contributed by atoms with Crippen molar-refractivity contribution in [2.24, 2.45) is 0 Å². The molecular weight excluding hydrogens is 442 g/mol. The molecule has 0 unspecified atom stereocenters. The molecule has 2 aliphatic rings. The molecule has 5 rings (SSSR count). The number of carbonyl (C=O) groups is 2. The Balaban J connectivity index is 1.12. The zero-order valence-electron chi connectivity index (χ0n) is 16.4. The van der Waals surface area contributed by atoms with E-state index in [0.29, 0.717) is 11.6 Å². The van der Waals surface area contributed by atoms with Crippen LogP contribution in [0.3, 0.4) is 0 Å². The number of amides is 2. The van der Waals surface area contributed by atoms with E-state index in [9.17, 15) is 9.59 Å². The van der Waals surface area contributed by atoms with Gasteiger partial charge in [0.2, 0.25) is 0 Å². The highest BCUT2D eigenvalue weighted by molar-refractivity contribution is 9.10. The van der Waals surface area contributed by atoms with Crippen LogP contribution < -0.4 is 5.32 Å². The maximum absolute atomic E-state index is 12.8. The average Bonchev–Trinajstić information content (AvgIpc) is 2.70. The molecule has 2 heterocycles. The van der Waals surface area contributed by atoms with Crippen LogP contribution in [0.25, 0.3) is 10.8 Å². The van der Waals surface area contributed by atoms with Crippen molar-refractivity contribution in [3.63, 3.8) is 0 Å². The number of hydrogen-bond donors (Lipinski definition) is 1. The molecular formula is C24H22BrN3O2. The molecule has 2 aliphatic heterocycles.